The number of rotatable bonds is 4. The molecule has 4 nitrogen and oxygen atoms in total. The Kier molecular flexibility index (Phi) is 5.22. The molecule has 0 fully saturated rings. The number of halogens is 2. The second-order valence-electron chi connectivity index (χ2n) is 4.12. The van der Waals surface area contributed by atoms with E-state index in [0.717, 1.165) is 0 Å². The molecule has 1 aromatic carbocycles. The van der Waals surface area contributed by atoms with Gasteiger partial charge in [0.15, 0.2) is 0 Å². The standard InChI is InChI=1S/C14H11Cl2NO3S/c1-20-14(19)13-11(4-5-21-13)17-12(18)6-8-2-3-9(15)7-10(8)16/h2-5,7H,6H2,1H3,(H,17,18). The van der Waals surface area contributed by atoms with E-state index in [9.17, 15) is 9.59 Å². The van der Waals surface area contributed by atoms with E-state index in [2.05, 4.69) is 10.1 Å². The zero-order chi connectivity index (χ0) is 15.4. The SMILES string of the molecule is COC(=O)c1sccc1NC(=O)Cc1ccc(Cl)cc1Cl. The van der Waals surface area contributed by atoms with Gasteiger partial charge in [-0.2, -0.15) is 0 Å². The summed E-state index contributed by atoms with van der Waals surface area (Å²) in [7, 11) is 1.29. The smallest absolute Gasteiger partial charge is 0.350 e. The van der Waals surface area contributed by atoms with Gasteiger partial charge in [-0.1, -0.05) is 29.3 Å². The average Bonchev–Trinajstić information content (AvgIpc) is 2.89. The molecule has 0 saturated heterocycles. The normalized spacial score (nSPS) is 10.2. The predicted molar refractivity (Wildman–Crippen MR) is 84.5 cm³/mol. The Balaban J connectivity index is 2.09. The van der Waals surface area contributed by atoms with Crippen LogP contribution < -0.4 is 5.32 Å². The molecule has 0 aliphatic heterocycles. The van der Waals surface area contributed by atoms with Gasteiger partial charge in [0.25, 0.3) is 0 Å². The van der Waals surface area contributed by atoms with Crippen LogP contribution in [0.1, 0.15) is 15.2 Å². The highest BCUT2D eigenvalue weighted by molar-refractivity contribution is 7.12. The first kappa shape index (κ1) is 15.8. The van der Waals surface area contributed by atoms with E-state index in [4.69, 9.17) is 23.2 Å². The van der Waals surface area contributed by atoms with Crippen LogP contribution >= 0.6 is 34.5 Å². The summed E-state index contributed by atoms with van der Waals surface area (Å²) in [6.45, 7) is 0. The third-order valence-electron chi connectivity index (χ3n) is 2.68. The van der Waals surface area contributed by atoms with Crippen LogP contribution in [0, 0.1) is 0 Å². The molecule has 1 heterocycles. The van der Waals surface area contributed by atoms with Gasteiger partial charge in [-0.15, -0.1) is 11.3 Å². The maximum Gasteiger partial charge on any atom is 0.350 e. The Morgan fingerprint density at radius 2 is 2.05 bits per heavy atom. The first-order chi connectivity index (χ1) is 10.0. The molecule has 0 aliphatic rings. The van der Waals surface area contributed by atoms with Crippen molar-refractivity contribution in [3.05, 3.63) is 50.1 Å². The van der Waals surface area contributed by atoms with Crippen molar-refractivity contribution in [2.24, 2.45) is 0 Å². The minimum atomic E-state index is -0.482. The number of hydrogen-bond acceptors (Lipinski definition) is 4. The molecule has 0 saturated carbocycles. The Morgan fingerprint density at radius 1 is 1.29 bits per heavy atom. The molecule has 110 valence electrons. The monoisotopic (exact) mass is 343 g/mol. The van der Waals surface area contributed by atoms with Crippen molar-refractivity contribution in [1.29, 1.82) is 0 Å². The van der Waals surface area contributed by atoms with Crippen molar-refractivity contribution in [1.82, 2.24) is 0 Å². The van der Waals surface area contributed by atoms with Gasteiger partial charge in [0.05, 0.1) is 19.2 Å². The first-order valence-electron chi connectivity index (χ1n) is 5.91. The van der Waals surface area contributed by atoms with Crippen LogP contribution in [0.4, 0.5) is 5.69 Å². The minimum absolute atomic E-state index is 0.0897. The highest BCUT2D eigenvalue weighted by Crippen LogP contribution is 2.25. The summed E-state index contributed by atoms with van der Waals surface area (Å²) < 4.78 is 4.65. The van der Waals surface area contributed by atoms with Crippen molar-refractivity contribution in [2.75, 3.05) is 12.4 Å². The van der Waals surface area contributed by atoms with Crippen molar-refractivity contribution in [3.63, 3.8) is 0 Å². The molecule has 0 radical (unpaired) electrons. The maximum atomic E-state index is 12.0. The molecular weight excluding hydrogens is 333 g/mol. The van der Waals surface area contributed by atoms with E-state index in [1.165, 1.54) is 18.4 Å². The molecule has 0 atom stereocenters. The van der Waals surface area contributed by atoms with Crippen LogP contribution in [-0.4, -0.2) is 19.0 Å². The van der Waals surface area contributed by atoms with Crippen LogP contribution in [0.3, 0.4) is 0 Å². The van der Waals surface area contributed by atoms with Crippen molar-refractivity contribution in [3.8, 4) is 0 Å². The molecule has 1 aromatic heterocycles. The van der Waals surface area contributed by atoms with E-state index in [1.54, 1.807) is 29.6 Å². The topological polar surface area (TPSA) is 55.4 Å². The number of nitrogens with one attached hydrogen (secondary N) is 1. The van der Waals surface area contributed by atoms with Gasteiger partial charge < -0.3 is 10.1 Å². The van der Waals surface area contributed by atoms with Gasteiger partial charge in [-0.25, -0.2) is 4.79 Å². The van der Waals surface area contributed by atoms with Crippen molar-refractivity contribution in [2.45, 2.75) is 6.42 Å². The second-order valence-corrected chi connectivity index (χ2v) is 5.88. The summed E-state index contributed by atoms with van der Waals surface area (Å²) in [4.78, 5) is 23.9. The van der Waals surface area contributed by atoms with Gasteiger partial charge in [0.2, 0.25) is 5.91 Å². The third-order valence-corrected chi connectivity index (χ3v) is 4.16. The number of esters is 1. The summed E-state index contributed by atoms with van der Waals surface area (Å²) in [5.41, 5.74) is 1.09. The lowest BCUT2D eigenvalue weighted by Crippen LogP contribution is -2.16. The molecule has 0 unspecified atom stereocenters. The van der Waals surface area contributed by atoms with Gasteiger partial charge in [0.1, 0.15) is 4.88 Å². The van der Waals surface area contributed by atoms with Crippen LogP contribution in [-0.2, 0) is 16.0 Å². The van der Waals surface area contributed by atoms with E-state index >= 15 is 0 Å². The summed E-state index contributed by atoms with van der Waals surface area (Å²) in [6.07, 6.45) is 0.0897. The summed E-state index contributed by atoms with van der Waals surface area (Å²) in [6, 6.07) is 6.59. The van der Waals surface area contributed by atoms with Crippen LogP contribution in [0.15, 0.2) is 29.6 Å². The zero-order valence-corrected chi connectivity index (χ0v) is 13.3. The van der Waals surface area contributed by atoms with Crippen LogP contribution in [0.25, 0.3) is 0 Å². The Hall–Kier alpha value is -1.56. The quantitative estimate of drug-likeness (QED) is 0.853. The molecule has 21 heavy (non-hydrogen) atoms. The maximum absolute atomic E-state index is 12.0. The Morgan fingerprint density at radius 3 is 2.71 bits per heavy atom. The fraction of sp³-hybridized carbons (Fsp3) is 0.143. The minimum Gasteiger partial charge on any atom is -0.465 e. The highest BCUT2D eigenvalue weighted by atomic mass is 35.5. The van der Waals surface area contributed by atoms with E-state index in [1.807, 2.05) is 0 Å². The van der Waals surface area contributed by atoms with E-state index in [0.29, 0.717) is 26.2 Å². The number of carbonyl (C=O) groups is 2. The largest absolute Gasteiger partial charge is 0.465 e. The molecule has 2 aromatic rings. The number of benzene rings is 1. The van der Waals surface area contributed by atoms with Gasteiger partial charge in [-0.05, 0) is 29.1 Å². The predicted octanol–water partition coefficient (Wildman–Crippen LogP) is 4.02. The number of hydrogen-bond donors (Lipinski definition) is 1. The molecule has 7 heteroatoms. The van der Waals surface area contributed by atoms with E-state index < -0.39 is 5.97 Å². The van der Waals surface area contributed by atoms with Gasteiger partial charge in [0, 0.05) is 10.0 Å². The molecule has 0 aliphatic carbocycles. The number of methoxy groups -OCH3 is 1. The zero-order valence-electron chi connectivity index (χ0n) is 11.0. The molecular formula is C14H11Cl2NO3S. The summed E-state index contributed by atoms with van der Waals surface area (Å²) in [5.74, 6) is -0.757. The average molecular weight is 344 g/mol. The lowest BCUT2D eigenvalue weighted by Gasteiger charge is -2.07. The fourth-order valence-electron chi connectivity index (χ4n) is 1.69. The second kappa shape index (κ2) is 6.93. The lowest BCUT2D eigenvalue weighted by molar-refractivity contribution is -0.115. The third kappa shape index (κ3) is 3.97. The molecule has 0 spiro atoms. The van der Waals surface area contributed by atoms with Gasteiger partial charge in [-0.3, -0.25) is 4.79 Å². The highest BCUT2D eigenvalue weighted by Gasteiger charge is 2.16. The fourth-order valence-corrected chi connectivity index (χ4v) is 2.93. The molecule has 0 bridgehead atoms. The number of ether oxygens (including phenoxy) is 1. The Labute approximate surface area is 135 Å². The Bertz CT molecular complexity index is 685. The lowest BCUT2D eigenvalue weighted by atomic mass is 10.1. The number of carbonyl (C=O) groups excluding carboxylic acids is 2. The van der Waals surface area contributed by atoms with Crippen LogP contribution in [0.5, 0.6) is 0 Å². The molecule has 1 amide bonds. The summed E-state index contributed by atoms with van der Waals surface area (Å²) >= 11 is 13.0. The summed E-state index contributed by atoms with van der Waals surface area (Å²) in [5, 5.41) is 5.32. The number of anilines is 1. The van der Waals surface area contributed by atoms with Crippen molar-refractivity contribution >= 4 is 52.1 Å². The first-order valence-corrected chi connectivity index (χ1v) is 7.54. The van der Waals surface area contributed by atoms with E-state index in [-0.39, 0.29) is 12.3 Å². The van der Waals surface area contributed by atoms with Crippen molar-refractivity contribution < 1.29 is 14.3 Å². The number of amides is 1. The number of thiophene rings is 1. The molecule has 2 rings (SSSR count). The van der Waals surface area contributed by atoms with Gasteiger partial charge >= 0.3 is 5.97 Å². The van der Waals surface area contributed by atoms with Crippen LogP contribution in [0.2, 0.25) is 10.0 Å². The molecule has 1 N–H and O–H groups in total.